The van der Waals surface area contributed by atoms with Gasteiger partial charge in [-0.25, -0.2) is 0 Å². The smallest absolute Gasteiger partial charge is 0.130 e. The first-order valence-corrected chi connectivity index (χ1v) is 5.55. The second-order valence-electron chi connectivity index (χ2n) is 4.59. The molecule has 0 aliphatic carbocycles. The second kappa shape index (κ2) is 4.95. The van der Waals surface area contributed by atoms with Gasteiger partial charge in [0.2, 0.25) is 0 Å². The van der Waals surface area contributed by atoms with E-state index < -0.39 is 0 Å². The average molecular weight is 243 g/mol. The molecule has 1 aromatic rings. The van der Waals surface area contributed by atoms with Crippen LogP contribution in [0.15, 0.2) is 23.9 Å². The summed E-state index contributed by atoms with van der Waals surface area (Å²) in [6.45, 7) is 6.14. The van der Waals surface area contributed by atoms with Gasteiger partial charge < -0.3 is 4.57 Å². The first-order valence-electron chi connectivity index (χ1n) is 5.14. The summed E-state index contributed by atoms with van der Waals surface area (Å²) in [6.07, 6.45) is 3.42. The van der Waals surface area contributed by atoms with Gasteiger partial charge in [-0.05, 0) is 32.9 Å². The normalized spacial score (nSPS) is 10.2. The van der Waals surface area contributed by atoms with E-state index in [0.717, 1.165) is 5.56 Å². The number of hydrogen-bond acceptors (Lipinski definition) is 3. The molecule has 0 bridgehead atoms. The van der Waals surface area contributed by atoms with E-state index in [-0.39, 0.29) is 11.1 Å². The SMILES string of the molecule is CC(C)(C)n1cccc(C=C(C#N)C#N)c1=S. The molecule has 86 valence electrons. The summed E-state index contributed by atoms with van der Waals surface area (Å²) >= 11 is 5.35. The van der Waals surface area contributed by atoms with Crippen LogP contribution in [0.5, 0.6) is 0 Å². The molecule has 0 amide bonds. The van der Waals surface area contributed by atoms with Crippen LogP contribution in [0, 0.1) is 27.3 Å². The number of nitrogens with zero attached hydrogens (tertiary/aromatic N) is 3. The van der Waals surface area contributed by atoms with Crippen LogP contribution in [0.1, 0.15) is 26.3 Å². The Balaban J connectivity index is 3.43. The highest BCUT2D eigenvalue weighted by Gasteiger charge is 2.13. The van der Waals surface area contributed by atoms with E-state index in [1.54, 1.807) is 6.07 Å². The van der Waals surface area contributed by atoms with E-state index >= 15 is 0 Å². The van der Waals surface area contributed by atoms with Gasteiger partial charge in [0.15, 0.2) is 0 Å². The Morgan fingerprint density at radius 3 is 2.41 bits per heavy atom. The number of hydrogen-bond donors (Lipinski definition) is 0. The number of allylic oxidation sites excluding steroid dienone is 1. The molecular formula is C13H13N3S. The Morgan fingerprint density at radius 2 is 1.94 bits per heavy atom. The molecule has 0 aliphatic heterocycles. The zero-order chi connectivity index (χ0) is 13.1. The van der Waals surface area contributed by atoms with Crippen molar-refractivity contribution < 1.29 is 0 Å². The molecule has 1 heterocycles. The van der Waals surface area contributed by atoms with Gasteiger partial charge >= 0.3 is 0 Å². The van der Waals surface area contributed by atoms with Crippen LogP contribution in [0.25, 0.3) is 6.08 Å². The zero-order valence-corrected chi connectivity index (χ0v) is 10.9. The monoisotopic (exact) mass is 243 g/mol. The standard InChI is InChI=1S/C13H13N3S/c1-13(2,3)16-6-4-5-11(12(16)17)7-10(8-14)9-15/h4-7H,1-3H3. The van der Waals surface area contributed by atoms with Crippen LogP contribution < -0.4 is 0 Å². The minimum atomic E-state index is -0.125. The molecule has 0 saturated carbocycles. The van der Waals surface area contributed by atoms with Crippen LogP contribution in [0.2, 0.25) is 0 Å². The predicted octanol–water partition coefficient (Wildman–Crippen LogP) is 3.40. The van der Waals surface area contributed by atoms with Crippen molar-refractivity contribution in [1.82, 2.24) is 4.57 Å². The molecule has 3 nitrogen and oxygen atoms in total. The van der Waals surface area contributed by atoms with Crippen molar-refractivity contribution in [1.29, 1.82) is 10.5 Å². The molecule has 0 fully saturated rings. The molecule has 0 aliphatic rings. The molecule has 1 rings (SSSR count). The van der Waals surface area contributed by atoms with Crippen molar-refractivity contribution in [2.75, 3.05) is 0 Å². The van der Waals surface area contributed by atoms with Crippen LogP contribution >= 0.6 is 12.2 Å². The third-order valence-corrected chi connectivity index (χ3v) is 2.67. The summed E-state index contributed by atoms with van der Waals surface area (Å²) in [5.74, 6) is 0. The maximum Gasteiger partial charge on any atom is 0.130 e. The van der Waals surface area contributed by atoms with Crippen molar-refractivity contribution in [3.8, 4) is 12.1 Å². The fraction of sp³-hybridized carbons (Fsp3) is 0.308. The van der Waals surface area contributed by atoms with Gasteiger partial charge in [0.25, 0.3) is 0 Å². The van der Waals surface area contributed by atoms with Crippen molar-refractivity contribution in [2.24, 2.45) is 0 Å². The highest BCUT2D eigenvalue weighted by molar-refractivity contribution is 7.71. The highest BCUT2D eigenvalue weighted by Crippen LogP contribution is 2.17. The van der Waals surface area contributed by atoms with Crippen molar-refractivity contribution in [3.05, 3.63) is 34.1 Å². The minimum absolute atomic E-state index is 0.0581. The van der Waals surface area contributed by atoms with Crippen molar-refractivity contribution in [3.63, 3.8) is 0 Å². The topological polar surface area (TPSA) is 52.5 Å². The Kier molecular flexibility index (Phi) is 3.83. The third-order valence-electron chi connectivity index (χ3n) is 2.24. The molecule has 0 saturated heterocycles. The molecule has 4 heteroatoms. The van der Waals surface area contributed by atoms with Gasteiger partial charge in [0, 0.05) is 17.3 Å². The first-order chi connectivity index (χ1) is 7.90. The second-order valence-corrected chi connectivity index (χ2v) is 4.98. The van der Waals surface area contributed by atoms with Gasteiger partial charge in [-0.1, -0.05) is 18.3 Å². The Labute approximate surface area is 106 Å². The van der Waals surface area contributed by atoms with E-state index in [1.165, 1.54) is 6.08 Å². The third kappa shape index (κ3) is 3.03. The van der Waals surface area contributed by atoms with Gasteiger partial charge in [0.1, 0.15) is 22.4 Å². The summed E-state index contributed by atoms with van der Waals surface area (Å²) in [5.41, 5.74) is 0.652. The zero-order valence-electron chi connectivity index (χ0n) is 10.1. The molecular weight excluding hydrogens is 230 g/mol. The molecule has 0 N–H and O–H groups in total. The maximum atomic E-state index is 8.73. The minimum Gasteiger partial charge on any atom is -0.333 e. The summed E-state index contributed by atoms with van der Waals surface area (Å²) in [4.78, 5) is 0. The van der Waals surface area contributed by atoms with Crippen LogP contribution in [0.4, 0.5) is 0 Å². The van der Waals surface area contributed by atoms with Crippen LogP contribution in [-0.4, -0.2) is 4.57 Å². The Morgan fingerprint density at radius 1 is 1.35 bits per heavy atom. The van der Waals surface area contributed by atoms with Gasteiger partial charge in [0.05, 0.1) is 0 Å². The lowest BCUT2D eigenvalue weighted by molar-refractivity contribution is 0.390. The summed E-state index contributed by atoms with van der Waals surface area (Å²) in [5, 5.41) is 17.5. The molecule has 1 aromatic heterocycles. The predicted molar refractivity (Wildman–Crippen MR) is 69.5 cm³/mol. The summed E-state index contributed by atoms with van der Waals surface area (Å²) in [6, 6.07) is 7.33. The maximum absolute atomic E-state index is 8.73. The summed E-state index contributed by atoms with van der Waals surface area (Å²) in [7, 11) is 0. The molecule has 0 atom stereocenters. The summed E-state index contributed by atoms with van der Waals surface area (Å²) < 4.78 is 2.57. The lowest BCUT2D eigenvalue weighted by Crippen LogP contribution is -2.22. The number of rotatable bonds is 1. The quantitative estimate of drug-likeness (QED) is 0.561. The van der Waals surface area contributed by atoms with Gasteiger partial charge in [-0.15, -0.1) is 0 Å². The van der Waals surface area contributed by atoms with Crippen molar-refractivity contribution in [2.45, 2.75) is 26.3 Å². The molecule has 0 spiro atoms. The lowest BCUT2D eigenvalue weighted by Gasteiger charge is -2.24. The number of pyridine rings is 1. The molecule has 0 aromatic carbocycles. The van der Waals surface area contributed by atoms with E-state index in [2.05, 4.69) is 0 Å². The van der Waals surface area contributed by atoms with Gasteiger partial charge in [-0.2, -0.15) is 10.5 Å². The Bertz CT molecular complexity index is 573. The van der Waals surface area contributed by atoms with E-state index in [9.17, 15) is 0 Å². The van der Waals surface area contributed by atoms with E-state index in [1.807, 2.05) is 49.7 Å². The van der Waals surface area contributed by atoms with Crippen LogP contribution in [0.3, 0.4) is 0 Å². The van der Waals surface area contributed by atoms with Gasteiger partial charge in [-0.3, -0.25) is 0 Å². The highest BCUT2D eigenvalue weighted by atomic mass is 32.1. The fourth-order valence-corrected chi connectivity index (χ4v) is 1.86. The van der Waals surface area contributed by atoms with E-state index in [0.29, 0.717) is 4.64 Å². The molecule has 0 radical (unpaired) electrons. The number of nitriles is 2. The first kappa shape index (κ1) is 13.2. The fourth-order valence-electron chi connectivity index (χ4n) is 1.39. The van der Waals surface area contributed by atoms with Crippen LogP contribution in [-0.2, 0) is 5.54 Å². The number of aromatic nitrogens is 1. The average Bonchev–Trinajstić information content (AvgIpc) is 2.26. The Hall–Kier alpha value is -1.91. The van der Waals surface area contributed by atoms with E-state index in [4.69, 9.17) is 22.7 Å². The molecule has 17 heavy (non-hydrogen) atoms. The largest absolute Gasteiger partial charge is 0.333 e. The van der Waals surface area contributed by atoms with Crippen molar-refractivity contribution >= 4 is 18.3 Å². The molecule has 0 unspecified atom stereocenters. The lowest BCUT2D eigenvalue weighted by atomic mass is 10.1.